The number of carbonyl (C=O) groups is 2. The molecule has 4 rings (SSSR count). The fourth-order valence-electron chi connectivity index (χ4n) is 4.63. The van der Waals surface area contributed by atoms with Crippen molar-refractivity contribution in [2.24, 2.45) is 5.41 Å². The summed E-state index contributed by atoms with van der Waals surface area (Å²) in [6.07, 6.45) is 4.23. The van der Waals surface area contributed by atoms with Crippen molar-refractivity contribution >= 4 is 17.6 Å². The number of likely N-dealkylation sites (tertiary alicyclic amines) is 2. The Kier molecular flexibility index (Phi) is 5.04. The van der Waals surface area contributed by atoms with Gasteiger partial charge in [0.2, 0.25) is 5.91 Å². The Morgan fingerprint density at radius 1 is 1.19 bits per heavy atom. The second-order valence-corrected chi connectivity index (χ2v) is 7.81. The molecule has 0 unspecified atom stereocenters. The van der Waals surface area contributed by atoms with Gasteiger partial charge in [-0.25, -0.2) is 9.18 Å². The summed E-state index contributed by atoms with van der Waals surface area (Å²) in [5.74, 6) is -0.277. The number of para-hydroxylation sites is 1. The third-order valence-electron chi connectivity index (χ3n) is 6.16. The lowest BCUT2D eigenvalue weighted by Gasteiger charge is -2.44. The van der Waals surface area contributed by atoms with Gasteiger partial charge >= 0.3 is 6.03 Å². The summed E-state index contributed by atoms with van der Waals surface area (Å²) in [6.45, 7) is 3.14. The molecule has 1 aromatic rings. The van der Waals surface area contributed by atoms with Crippen molar-refractivity contribution in [3.05, 3.63) is 30.1 Å². The van der Waals surface area contributed by atoms with Crippen LogP contribution < -0.4 is 5.32 Å². The molecule has 1 aromatic carbocycles. The minimum Gasteiger partial charge on any atom is -0.381 e. The van der Waals surface area contributed by atoms with Crippen molar-refractivity contribution < 1.29 is 18.7 Å². The van der Waals surface area contributed by atoms with Gasteiger partial charge in [-0.3, -0.25) is 4.79 Å². The van der Waals surface area contributed by atoms with Crippen LogP contribution in [0.15, 0.2) is 24.3 Å². The highest BCUT2D eigenvalue weighted by atomic mass is 19.1. The predicted octanol–water partition coefficient (Wildman–Crippen LogP) is 2.85. The Labute approximate surface area is 158 Å². The summed E-state index contributed by atoms with van der Waals surface area (Å²) < 4.78 is 19.2. The lowest BCUT2D eigenvalue weighted by Crippen LogP contribution is -2.55. The van der Waals surface area contributed by atoms with Gasteiger partial charge in [0.1, 0.15) is 5.82 Å². The van der Waals surface area contributed by atoms with Gasteiger partial charge in [-0.15, -0.1) is 0 Å². The number of hydrogen-bond acceptors (Lipinski definition) is 3. The summed E-state index contributed by atoms with van der Waals surface area (Å²) >= 11 is 0. The predicted molar refractivity (Wildman–Crippen MR) is 98.8 cm³/mol. The molecule has 7 heteroatoms. The first-order valence-corrected chi connectivity index (χ1v) is 9.78. The van der Waals surface area contributed by atoms with E-state index in [4.69, 9.17) is 4.74 Å². The highest BCUT2D eigenvalue weighted by Gasteiger charge is 2.50. The average Bonchev–Trinajstić information content (AvgIpc) is 3.12. The molecule has 6 nitrogen and oxygen atoms in total. The van der Waals surface area contributed by atoms with Crippen LogP contribution in [0.5, 0.6) is 0 Å². The maximum absolute atomic E-state index is 13.8. The van der Waals surface area contributed by atoms with Gasteiger partial charge in [-0.1, -0.05) is 12.1 Å². The lowest BCUT2D eigenvalue weighted by atomic mass is 9.77. The van der Waals surface area contributed by atoms with Crippen LogP contribution in [0.4, 0.5) is 14.9 Å². The molecular formula is C20H26FN3O3. The quantitative estimate of drug-likeness (QED) is 0.865. The number of amides is 3. The zero-order valence-corrected chi connectivity index (χ0v) is 15.5. The third kappa shape index (κ3) is 3.52. The molecule has 0 aromatic heterocycles. The number of piperidine rings is 1. The van der Waals surface area contributed by atoms with Crippen LogP contribution in [0.25, 0.3) is 0 Å². The Morgan fingerprint density at radius 2 is 1.96 bits per heavy atom. The molecule has 0 saturated carbocycles. The van der Waals surface area contributed by atoms with E-state index < -0.39 is 11.2 Å². The molecule has 0 aliphatic carbocycles. The molecule has 3 amide bonds. The first-order chi connectivity index (χ1) is 13.1. The molecule has 3 saturated heterocycles. The van der Waals surface area contributed by atoms with Gasteiger partial charge in [-0.2, -0.15) is 0 Å². The number of nitrogens with zero attached hydrogens (tertiary/aromatic N) is 2. The zero-order chi connectivity index (χ0) is 18.9. The van der Waals surface area contributed by atoms with E-state index in [1.54, 1.807) is 17.0 Å². The summed E-state index contributed by atoms with van der Waals surface area (Å²) in [5.41, 5.74) is -0.314. The van der Waals surface area contributed by atoms with Crippen molar-refractivity contribution in [2.45, 2.75) is 38.1 Å². The topological polar surface area (TPSA) is 61.9 Å². The fourth-order valence-corrected chi connectivity index (χ4v) is 4.63. The summed E-state index contributed by atoms with van der Waals surface area (Å²) in [4.78, 5) is 29.6. The number of nitrogens with one attached hydrogen (secondary N) is 1. The lowest BCUT2D eigenvalue weighted by molar-refractivity contribution is -0.150. The number of halogens is 1. The molecule has 3 aliphatic heterocycles. The number of urea groups is 1. The molecular weight excluding hydrogens is 349 g/mol. The van der Waals surface area contributed by atoms with E-state index in [9.17, 15) is 14.0 Å². The molecule has 3 aliphatic rings. The van der Waals surface area contributed by atoms with Crippen molar-refractivity contribution in [2.75, 3.05) is 38.2 Å². The van der Waals surface area contributed by atoms with Gasteiger partial charge in [0, 0.05) is 38.9 Å². The van der Waals surface area contributed by atoms with Crippen molar-refractivity contribution in [1.29, 1.82) is 0 Å². The number of benzene rings is 1. The highest BCUT2D eigenvalue weighted by Crippen LogP contribution is 2.41. The number of anilines is 1. The van der Waals surface area contributed by atoms with E-state index in [1.807, 2.05) is 4.90 Å². The van der Waals surface area contributed by atoms with Crippen LogP contribution in [0, 0.1) is 11.2 Å². The van der Waals surface area contributed by atoms with Gasteiger partial charge in [0.25, 0.3) is 0 Å². The summed E-state index contributed by atoms with van der Waals surface area (Å²) in [6, 6.07) is 6.04. The highest BCUT2D eigenvalue weighted by molar-refractivity contribution is 5.91. The van der Waals surface area contributed by atoms with Crippen LogP contribution in [0.1, 0.15) is 32.1 Å². The average molecular weight is 375 g/mol. The second kappa shape index (κ2) is 7.46. The maximum atomic E-state index is 13.8. The SMILES string of the molecule is O=C(Nc1ccccc1F)N1CC[C@]2(CCCN(C3CCOCC3)C2=O)C1. The Morgan fingerprint density at radius 3 is 2.74 bits per heavy atom. The van der Waals surface area contributed by atoms with Crippen LogP contribution in [0.3, 0.4) is 0 Å². The molecule has 3 fully saturated rings. The number of ether oxygens (including phenoxy) is 1. The molecule has 1 spiro atoms. The Balaban J connectivity index is 1.43. The van der Waals surface area contributed by atoms with Crippen molar-refractivity contribution in [1.82, 2.24) is 9.80 Å². The first-order valence-electron chi connectivity index (χ1n) is 9.78. The van der Waals surface area contributed by atoms with Crippen LogP contribution >= 0.6 is 0 Å². The summed E-state index contributed by atoms with van der Waals surface area (Å²) in [7, 11) is 0. The van der Waals surface area contributed by atoms with Crippen LogP contribution in [-0.2, 0) is 9.53 Å². The van der Waals surface area contributed by atoms with Crippen LogP contribution in [-0.4, -0.2) is 60.6 Å². The van der Waals surface area contributed by atoms with Gasteiger partial charge < -0.3 is 19.9 Å². The second-order valence-electron chi connectivity index (χ2n) is 7.81. The molecule has 146 valence electrons. The number of rotatable bonds is 2. The Hall–Kier alpha value is -2.15. The Bertz CT molecular complexity index is 722. The largest absolute Gasteiger partial charge is 0.381 e. The number of carbonyl (C=O) groups excluding carboxylic acids is 2. The van der Waals surface area contributed by atoms with E-state index >= 15 is 0 Å². The maximum Gasteiger partial charge on any atom is 0.321 e. The molecule has 27 heavy (non-hydrogen) atoms. The standard InChI is InChI=1S/C20H26FN3O3/c21-16-4-1-2-5-17(16)22-19(26)23-11-9-20(14-23)8-3-10-24(18(20)25)15-6-12-27-13-7-15/h1-2,4-5,15H,3,6-14H2,(H,22,26)/t20-/m1/s1. The molecule has 1 atom stereocenters. The molecule has 1 N–H and O–H groups in total. The van der Waals surface area contributed by atoms with E-state index in [1.165, 1.54) is 12.1 Å². The minimum absolute atomic E-state index is 0.169. The normalized spacial score (nSPS) is 26.6. The number of hydrogen-bond donors (Lipinski definition) is 1. The zero-order valence-electron chi connectivity index (χ0n) is 15.5. The van der Waals surface area contributed by atoms with Gasteiger partial charge in [0.05, 0.1) is 11.1 Å². The molecule has 0 radical (unpaired) electrons. The van der Waals surface area contributed by atoms with Crippen LogP contribution in [0.2, 0.25) is 0 Å². The third-order valence-corrected chi connectivity index (χ3v) is 6.16. The molecule has 0 bridgehead atoms. The van der Waals surface area contributed by atoms with Gasteiger partial charge in [0.15, 0.2) is 0 Å². The first kappa shape index (κ1) is 18.2. The van der Waals surface area contributed by atoms with Crippen molar-refractivity contribution in [3.8, 4) is 0 Å². The summed E-state index contributed by atoms with van der Waals surface area (Å²) in [5, 5.41) is 2.63. The van der Waals surface area contributed by atoms with E-state index in [0.717, 1.165) is 32.2 Å². The van der Waals surface area contributed by atoms with E-state index in [0.29, 0.717) is 32.7 Å². The fraction of sp³-hybridized carbons (Fsp3) is 0.600. The minimum atomic E-state index is -0.483. The van der Waals surface area contributed by atoms with Gasteiger partial charge in [-0.05, 0) is 44.2 Å². The van der Waals surface area contributed by atoms with E-state index in [2.05, 4.69) is 5.32 Å². The van der Waals surface area contributed by atoms with E-state index in [-0.39, 0.29) is 23.7 Å². The molecule has 3 heterocycles. The van der Waals surface area contributed by atoms with Crippen molar-refractivity contribution in [3.63, 3.8) is 0 Å². The monoisotopic (exact) mass is 375 g/mol. The smallest absolute Gasteiger partial charge is 0.321 e.